The van der Waals surface area contributed by atoms with Gasteiger partial charge in [-0.05, 0) is 38.0 Å². The molecule has 1 aliphatic carbocycles. The van der Waals surface area contributed by atoms with Crippen LogP contribution in [0.2, 0.25) is 0 Å². The van der Waals surface area contributed by atoms with Gasteiger partial charge in [0.15, 0.2) is 0 Å². The molecule has 2 aliphatic rings. The van der Waals surface area contributed by atoms with Crippen LogP contribution in [0.4, 0.5) is 11.4 Å². The molecule has 0 spiro atoms. The Kier molecular flexibility index (Phi) is 6.53. The number of non-ortho nitro benzene ring substituents is 1. The predicted octanol–water partition coefficient (Wildman–Crippen LogP) is 4.40. The minimum atomic E-state index is -0.923. The molecule has 172 valence electrons. The first-order chi connectivity index (χ1) is 15.9. The Bertz CT molecular complexity index is 1070. The quantitative estimate of drug-likeness (QED) is 0.291. The second-order valence-corrected chi connectivity index (χ2v) is 8.79. The molecule has 0 bridgehead atoms. The van der Waals surface area contributed by atoms with Crippen molar-refractivity contribution in [1.82, 2.24) is 4.90 Å². The Morgan fingerprint density at radius 3 is 2.33 bits per heavy atom. The number of benzene rings is 2. The van der Waals surface area contributed by atoms with E-state index in [0.717, 1.165) is 49.0 Å². The van der Waals surface area contributed by atoms with Crippen LogP contribution in [0.25, 0.3) is 0 Å². The van der Waals surface area contributed by atoms with Gasteiger partial charge in [0, 0.05) is 23.7 Å². The molecule has 2 aromatic rings. The summed E-state index contributed by atoms with van der Waals surface area (Å²) in [6.45, 7) is 1.92. The third-order valence-electron chi connectivity index (χ3n) is 6.51. The molecule has 1 unspecified atom stereocenters. The normalized spacial score (nSPS) is 19.4. The molecule has 0 aromatic heterocycles. The van der Waals surface area contributed by atoms with Gasteiger partial charge < -0.3 is 4.90 Å². The molecular formula is C25H27N3O5. The summed E-state index contributed by atoms with van der Waals surface area (Å²) >= 11 is 0. The fourth-order valence-electron chi connectivity index (χ4n) is 4.80. The van der Waals surface area contributed by atoms with E-state index in [4.69, 9.17) is 0 Å². The number of imide groups is 1. The minimum absolute atomic E-state index is 0.0934. The summed E-state index contributed by atoms with van der Waals surface area (Å²) < 4.78 is 0. The zero-order chi connectivity index (χ0) is 23.5. The van der Waals surface area contributed by atoms with E-state index >= 15 is 0 Å². The highest BCUT2D eigenvalue weighted by Gasteiger charge is 2.46. The summed E-state index contributed by atoms with van der Waals surface area (Å²) in [5, 5.41) is 11.2. The van der Waals surface area contributed by atoms with E-state index in [1.807, 2.05) is 19.1 Å². The largest absolute Gasteiger partial charge is 0.323 e. The van der Waals surface area contributed by atoms with Gasteiger partial charge in [0.25, 0.3) is 17.5 Å². The van der Waals surface area contributed by atoms with Gasteiger partial charge in [-0.15, -0.1) is 0 Å². The van der Waals surface area contributed by atoms with Crippen molar-refractivity contribution in [2.45, 2.75) is 64.0 Å². The van der Waals surface area contributed by atoms with Gasteiger partial charge in [-0.3, -0.25) is 24.5 Å². The molecule has 1 saturated heterocycles. The second kappa shape index (κ2) is 9.52. The zero-order valence-electron chi connectivity index (χ0n) is 18.6. The van der Waals surface area contributed by atoms with Gasteiger partial charge in [-0.25, -0.2) is 4.90 Å². The summed E-state index contributed by atoms with van der Waals surface area (Å²) in [6.07, 6.45) is 5.36. The number of anilines is 1. The van der Waals surface area contributed by atoms with Crippen molar-refractivity contribution in [1.29, 1.82) is 0 Å². The molecule has 3 amide bonds. The van der Waals surface area contributed by atoms with Gasteiger partial charge in [-0.2, -0.15) is 0 Å². The van der Waals surface area contributed by atoms with Crippen LogP contribution in [0.1, 0.15) is 60.9 Å². The van der Waals surface area contributed by atoms with E-state index in [9.17, 15) is 24.5 Å². The summed E-state index contributed by atoms with van der Waals surface area (Å²) in [5.74, 6) is -1.21. The van der Waals surface area contributed by atoms with Crippen molar-refractivity contribution in [3.63, 3.8) is 0 Å². The van der Waals surface area contributed by atoms with Crippen molar-refractivity contribution in [3.8, 4) is 0 Å². The van der Waals surface area contributed by atoms with Crippen LogP contribution in [0.3, 0.4) is 0 Å². The van der Waals surface area contributed by atoms with Crippen molar-refractivity contribution >= 4 is 29.1 Å². The highest BCUT2D eigenvalue weighted by Crippen LogP contribution is 2.32. The van der Waals surface area contributed by atoms with E-state index < -0.39 is 22.8 Å². The zero-order valence-corrected chi connectivity index (χ0v) is 18.6. The van der Waals surface area contributed by atoms with Crippen LogP contribution >= 0.6 is 0 Å². The van der Waals surface area contributed by atoms with Crippen molar-refractivity contribution in [3.05, 3.63) is 69.8 Å². The molecule has 0 N–H and O–H groups in total. The number of nitro groups is 1. The number of aryl methyl sites for hydroxylation is 1. The molecule has 0 radical (unpaired) electrons. The van der Waals surface area contributed by atoms with Crippen LogP contribution in [0.5, 0.6) is 0 Å². The highest BCUT2D eigenvalue weighted by molar-refractivity contribution is 6.23. The summed E-state index contributed by atoms with van der Waals surface area (Å²) in [6, 6.07) is 11.6. The lowest BCUT2D eigenvalue weighted by atomic mass is 10.0. The van der Waals surface area contributed by atoms with Crippen molar-refractivity contribution < 1.29 is 19.3 Å². The topological polar surface area (TPSA) is 101 Å². The highest BCUT2D eigenvalue weighted by atomic mass is 16.6. The smallest absolute Gasteiger partial charge is 0.270 e. The van der Waals surface area contributed by atoms with Crippen LogP contribution in [0, 0.1) is 17.0 Å². The first-order valence-corrected chi connectivity index (χ1v) is 11.4. The average Bonchev–Trinajstić information content (AvgIpc) is 2.97. The number of amides is 3. The van der Waals surface area contributed by atoms with E-state index in [0.29, 0.717) is 5.69 Å². The maximum absolute atomic E-state index is 13.7. The first-order valence-electron chi connectivity index (χ1n) is 11.4. The average molecular weight is 450 g/mol. The van der Waals surface area contributed by atoms with E-state index in [1.165, 1.54) is 24.3 Å². The molecule has 8 heteroatoms. The molecule has 1 heterocycles. The van der Waals surface area contributed by atoms with E-state index in [1.54, 1.807) is 17.0 Å². The number of carbonyl (C=O) groups excluding carboxylic acids is 3. The Balaban J connectivity index is 1.70. The SMILES string of the molecule is Cc1ccc(N2C(=O)CC(N(C(=O)c3cccc([N+](=O)[O-])c3)C3CCCCCC3)C2=O)cc1. The molecular weight excluding hydrogens is 422 g/mol. The molecule has 4 rings (SSSR count). The third kappa shape index (κ3) is 4.65. The molecule has 1 aliphatic heterocycles. The van der Waals surface area contributed by atoms with Crippen molar-refractivity contribution in [2.75, 3.05) is 4.90 Å². The van der Waals surface area contributed by atoms with Gasteiger partial charge in [0.05, 0.1) is 17.0 Å². The van der Waals surface area contributed by atoms with Crippen LogP contribution < -0.4 is 4.90 Å². The fourth-order valence-corrected chi connectivity index (χ4v) is 4.80. The summed E-state index contributed by atoms with van der Waals surface area (Å²) in [5.41, 5.74) is 1.47. The molecule has 1 atom stereocenters. The van der Waals surface area contributed by atoms with E-state index in [2.05, 4.69) is 0 Å². The molecule has 33 heavy (non-hydrogen) atoms. The number of nitrogens with zero attached hydrogens (tertiary/aromatic N) is 3. The number of hydrogen-bond donors (Lipinski definition) is 0. The molecule has 2 fully saturated rings. The first kappa shape index (κ1) is 22.6. The number of nitro benzene ring substituents is 1. The molecule has 2 aromatic carbocycles. The third-order valence-corrected chi connectivity index (χ3v) is 6.51. The second-order valence-electron chi connectivity index (χ2n) is 8.79. The summed E-state index contributed by atoms with van der Waals surface area (Å²) in [7, 11) is 0. The van der Waals surface area contributed by atoms with Gasteiger partial charge in [-0.1, -0.05) is 49.4 Å². The Hall–Kier alpha value is -3.55. The van der Waals surface area contributed by atoms with Crippen molar-refractivity contribution in [2.24, 2.45) is 0 Å². The van der Waals surface area contributed by atoms with Gasteiger partial charge >= 0.3 is 0 Å². The Morgan fingerprint density at radius 2 is 1.70 bits per heavy atom. The van der Waals surface area contributed by atoms with Crippen LogP contribution in [-0.2, 0) is 9.59 Å². The Morgan fingerprint density at radius 1 is 1.03 bits per heavy atom. The number of rotatable bonds is 5. The van der Waals surface area contributed by atoms with Crippen LogP contribution in [-0.4, -0.2) is 39.6 Å². The molecule has 8 nitrogen and oxygen atoms in total. The lowest BCUT2D eigenvalue weighted by Crippen LogP contribution is -2.50. The minimum Gasteiger partial charge on any atom is -0.323 e. The summed E-state index contributed by atoms with van der Waals surface area (Å²) in [4.78, 5) is 53.5. The van der Waals surface area contributed by atoms with Gasteiger partial charge in [0.1, 0.15) is 6.04 Å². The molecule has 1 saturated carbocycles. The van der Waals surface area contributed by atoms with Crippen LogP contribution in [0.15, 0.2) is 48.5 Å². The number of carbonyl (C=O) groups is 3. The maximum Gasteiger partial charge on any atom is 0.270 e. The predicted molar refractivity (Wildman–Crippen MR) is 123 cm³/mol. The number of hydrogen-bond acceptors (Lipinski definition) is 5. The lowest BCUT2D eigenvalue weighted by Gasteiger charge is -2.35. The van der Waals surface area contributed by atoms with E-state index in [-0.39, 0.29) is 29.6 Å². The maximum atomic E-state index is 13.7. The monoisotopic (exact) mass is 449 g/mol. The standard InChI is InChI=1S/C25H27N3O5/c1-17-11-13-20(14-12-17)27-23(29)16-22(25(27)31)26(19-8-4-2-3-5-9-19)24(30)18-7-6-10-21(15-18)28(32)33/h6-7,10-15,19,22H,2-5,8-9,16H2,1H3. The Labute approximate surface area is 192 Å². The fraction of sp³-hybridized carbons (Fsp3) is 0.400. The lowest BCUT2D eigenvalue weighted by molar-refractivity contribution is -0.384. The van der Waals surface area contributed by atoms with Gasteiger partial charge in [0.2, 0.25) is 5.91 Å².